The van der Waals surface area contributed by atoms with Crippen molar-refractivity contribution in [1.29, 1.82) is 0 Å². The van der Waals surface area contributed by atoms with Gasteiger partial charge in [-0.05, 0) is 42.5 Å². The topological polar surface area (TPSA) is 97.8 Å². The Bertz CT molecular complexity index is 839. The molecular weight excluding hydrogens is 372 g/mol. The molecule has 1 amide bonds. The Kier molecular flexibility index (Phi) is 6.13. The summed E-state index contributed by atoms with van der Waals surface area (Å²) in [5.41, 5.74) is 1.10. The molecule has 142 valence electrons. The number of halogens is 1. The number of pyridine rings is 1. The van der Waals surface area contributed by atoms with Gasteiger partial charge in [0.05, 0.1) is 12.2 Å². The Morgan fingerprint density at radius 3 is 2.78 bits per heavy atom. The van der Waals surface area contributed by atoms with Gasteiger partial charge in [0.1, 0.15) is 10.8 Å². The van der Waals surface area contributed by atoms with Crippen molar-refractivity contribution in [3.05, 3.63) is 52.7 Å². The average molecular weight is 391 g/mol. The lowest BCUT2D eigenvalue weighted by Crippen LogP contribution is -2.23. The van der Waals surface area contributed by atoms with E-state index < -0.39 is 12.6 Å². The normalized spacial score (nSPS) is 13.1. The first-order valence-corrected chi connectivity index (χ1v) is 8.89. The van der Waals surface area contributed by atoms with Crippen molar-refractivity contribution in [3.63, 3.8) is 0 Å². The predicted octanol–water partition coefficient (Wildman–Crippen LogP) is 2.92. The molecule has 1 aromatic heterocycles. The molecule has 1 saturated carbocycles. The molecule has 2 aromatic rings. The lowest BCUT2D eigenvalue weighted by Gasteiger charge is -2.09. The monoisotopic (exact) mass is 390 g/mol. The summed E-state index contributed by atoms with van der Waals surface area (Å²) >= 11 is 6.14. The first-order valence-electron chi connectivity index (χ1n) is 8.51. The minimum absolute atomic E-state index is 0.251. The molecule has 0 atom stereocenters. The molecule has 1 aliphatic rings. The van der Waals surface area contributed by atoms with Gasteiger partial charge in [0.15, 0.2) is 6.61 Å². The summed E-state index contributed by atoms with van der Waals surface area (Å²) in [6.07, 6.45) is 3.76. The van der Waals surface area contributed by atoms with Crippen LogP contribution >= 0.6 is 11.6 Å². The van der Waals surface area contributed by atoms with Crippen LogP contribution in [0.25, 0.3) is 0 Å². The summed E-state index contributed by atoms with van der Waals surface area (Å²) < 4.78 is 10.7. The molecule has 7 nitrogen and oxygen atoms in total. The van der Waals surface area contributed by atoms with E-state index in [1.165, 1.54) is 25.1 Å². The number of hydrogen-bond acceptors (Lipinski definition) is 5. The van der Waals surface area contributed by atoms with Gasteiger partial charge in [0.2, 0.25) is 5.88 Å². The zero-order chi connectivity index (χ0) is 19.2. The van der Waals surface area contributed by atoms with E-state index in [-0.39, 0.29) is 12.5 Å². The first-order chi connectivity index (χ1) is 13.0. The highest BCUT2D eigenvalue weighted by Gasteiger charge is 2.22. The standard InChI is InChI=1S/C19H19ClN2O5/c20-16-7-14(9-22-19(16)27-10-12-4-5-12)18(25)21-8-13-2-1-3-15(6-13)26-11-17(23)24/h1-3,6-7,9,12H,4-5,8,10-11H2,(H,21,25)(H,23,24). The lowest BCUT2D eigenvalue weighted by atomic mass is 10.2. The number of aliphatic carboxylic acids is 1. The van der Waals surface area contributed by atoms with Crippen LogP contribution in [0.4, 0.5) is 0 Å². The quantitative estimate of drug-likeness (QED) is 0.683. The number of carboxylic acid groups (broad SMARTS) is 1. The van der Waals surface area contributed by atoms with Crippen LogP contribution in [0.3, 0.4) is 0 Å². The van der Waals surface area contributed by atoms with Gasteiger partial charge in [0.25, 0.3) is 5.91 Å². The molecule has 0 aliphatic heterocycles. The number of carboxylic acids is 1. The van der Waals surface area contributed by atoms with Crippen molar-refractivity contribution in [2.75, 3.05) is 13.2 Å². The van der Waals surface area contributed by atoms with Crippen LogP contribution in [-0.2, 0) is 11.3 Å². The average Bonchev–Trinajstić information content (AvgIpc) is 3.48. The van der Waals surface area contributed by atoms with Crippen LogP contribution in [0.15, 0.2) is 36.5 Å². The van der Waals surface area contributed by atoms with Gasteiger partial charge in [0, 0.05) is 12.7 Å². The number of benzene rings is 1. The van der Waals surface area contributed by atoms with Gasteiger partial charge >= 0.3 is 5.97 Å². The second-order valence-corrected chi connectivity index (χ2v) is 6.69. The van der Waals surface area contributed by atoms with Crippen molar-refractivity contribution in [2.45, 2.75) is 19.4 Å². The third kappa shape index (κ3) is 5.86. The lowest BCUT2D eigenvalue weighted by molar-refractivity contribution is -0.139. The third-order valence-corrected chi connectivity index (χ3v) is 4.21. The Hall–Kier alpha value is -2.80. The van der Waals surface area contributed by atoms with Crippen molar-refractivity contribution >= 4 is 23.5 Å². The maximum Gasteiger partial charge on any atom is 0.341 e. The highest BCUT2D eigenvalue weighted by Crippen LogP contribution is 2.31. The molecule has 1 fully saturated rings. The minimum Gasteiger partial charge on any atom is -0.482 e. The van der Waals surface area contributed by atoms with E-state index in [0.717, 1.165) is 5.56 Å². The fourth-order valence-corrected chi connectivity index (χ4v) is 2.53. The number of hydrogen-bond donors (Lipinski definition) is 2. The van der Waals surface area contributed by atoms with Crippen LogP contribution in [0.2, 0.25) is 5.02 Å². The maximum absolute atomic E-state index is 12.3. The molecule has 1 aromatic carbocycles. The summed E-state index contributed by atoms with van der Waals surface area (Å²) in [7, 11) is 0. The predicted molar refractivity (Wildman–Crippen MR) is 98.2 cm³/mol. The number of aromatic nitrogens is 1. The number of nitrogens with zero attached hydrogens (tertiary/aromatic N) is 1. The molecular formula is C19H19ClN2O5. The Morgan fingerprint density at radius 1 is 1.26 bits per heavy atom. The summed E-state index contributed by atoms with van der Waals surface area (Å²) in [5.74, 6) is -0.0341. The maximum atomic E-state index is 12.3. The molecule has 3 rings (SSSR count). The van der Waals surface area contributed by atoms with Gasteiger partial charge in [-0.2, -0.15) is 0 Å². The number of carbonyl (C=O) groups is 2. The van der Waals surface area contributed by atoms with Crippen LogP contribution < -0.4 is 14.8 Å². The van der Waals surface area contributed by atoms with Gasteiger partial charge in [-0.25, -0.2) is 9.78 Å². The molecule has 0 saturated heterocycles. The van der Waals surface area contributed by atoms with Crippen molar-refractivity contribution < 1.29 is 24.2 Å². The zero-order valence-electron chi connectivity index (χ0n) is 14.5. The van der Waals surface area contributed by atoms with Gasteiger partial charge in [-0.1, -0.05) is 23.7 Å². The van der Waals surface area contributed by atoms with Crippen molar-refractivity contribution in [3.8, 4) is 11.6 Å². The smallest absolute Gasteiger partial charge is 0.341 e. The molecule has 0 unspecified atom stereocenters. The van der Waals surface area contributed by atoms with Crippen molar-refractivity contribution in [2.24, 2.45) is 5.92 Å². The molecule has 8 heteroatoms. The minimum atomic E-state index is -1.05. The summed E-state index contributed by atoms with van der Waals surface area (Å²) in [6.45, 7) is 0.425. The van der Waals surface area contributed by atoms with E-state index in [4.69, 9.17) is 26.2 Å². The number of amides is 1. The first kappa shape index (κ1) is 19.0. The zero-order valence-corrected chi connectivity index (χ0v) is 15.2. The van der Waals surface area contributed by atoms with Gasteiger partial charge in [-0.15, -0.1) is 0 Å². The molecule has 1 aliphatic carbocycles. The fraction of sp³-hybridized carbons (Fsp3) is 0.316. The van der Waals surface area contributed by atoms with E-state index in [0.29, 0.717) is 34.7 Å². The number of nitrogens with one attached hydrogen (secondary N) is 1. The molecule has 1 heterocycles. The van der Waals surface area contributed by atoms with Crippen LogP contribution in [0.5, 0.6) is 11.6 Å². The van der Waals surface area contributed by atoms with Crippen LogP contribution in [0.1, 0.15) is 28.8 Å². The van der Waals surface area contributed by atoms with E-state index in [2.05, 4.69) is 10.3 Å². The van der Waals surface area contributed by atoms with Gasteiger partial charge < -0.3 is 19.9 Å². The highest BCUT2D eigenvalue weighted by molar-refractivity contribution is 6.32. The Balaban J connectivity index is 1.54. The van der Waals surface area contributed by atoms with Gasteiger partial charge in [-0.3, -0.25) is 4.79 Å². The molecule has 27 heavy (non-hydrogen) atoms. The second kappa shape index (κ2) is 8.73. The Morgan fingerprint density at radius 2 is 2.07 bits per heavy atom. The van der Waals surface area contributed by atoms with E-state index in [9.17, 15) is 9.59 Å². The summed E-state index contributed by atoms with van der Waals surface area (Å²) in [5, 5.41) is 11.7. The summed E-state index contributed by atoms with van der Waals surface area (Å²) in [4.78, 5) is 27.0. The number of carbonyl (C=O) groups excluding carboxylic acids is 1. The van der Waals surface area contributed by atoms with Crippen LogP contribution in [0, 0.1) is 5.92 Å². The second-order valence-electron chi connectivity index (χ2n) is 6.28. The number of rotatable bonds is 9. The molecule has 0 radical (unpaired) electrons. The van der Waals surface area contributed by atoms with E-state index in [1.54, 1.807) is 24.3 Å². The van der Waals surface area contributed by atoms with Crippen LogP contribution in [-0.4, -0.2) is 35.2 Å². The Labute approximate surface area is 161 Å². The molecule has 2 N–H and O–H groups in total. The largest absolute Gasteiger partial charge is 0.482 e. The van der Waals surface area contributed by atoms with Crippen molar-refractivity contribution in [1.82, 2.24) is 10.3 Å². The van der Waals surface area contributed by atoms with E-state index >= 15 is 0 Å². The fourth-order valence-electron chi connectivity index (χ4n) is 2.31. The third-order valence-electron chi connectivity index (χ3n) is 3.94. The number of ether oxygens (including phenoxy) is 2. The highest BCUT2D eigenvalue weighted by atomic mass is 35.5. The SMILES string of the molecule is O=C(O)COc1cccc(CNC(=O)c2cnc(OCC3CC3)c(Cl)c2)c1. The van der Waals surface area contributed by atoms with E-state index in [1.807, 2.05) is 0 Å². The summed E-state index contributed by atoms with van der Waals surface area (Å²) in [6, 6.07) is 8.37. The molecule has 0 bridgehead atoms. The molecule has 0 spiro atoms.